The van der Waals surface area contributed by atoms with E-state index in [2.05, 4.69) is 0 Å². The lowest BCUT2D eigenvalue weighted by atomic mass is 9.96. The Bertz CT molecular complexity index is 380. The summed E-state index contributed by atoms with van der Waals surface area (Å²) in [7, 11) is 0. The number of aliphatic hydroxyl groups is 1. The summed E-state index contributed by atoms with van der Waals surface area (Å²) in [6.45, 7) is 3.00. The Balaban J connectivity index is 2.05. The maximum absolute atomic E-state index is 11.6. The average Bonchev–Trinajstić information content (AvgIpc) is 2.73. The maximum Gasteiger partial charge on any atom is 0.409 e. The molecule has 1 N–H and O–H groups in total. The second kappa shape index (κ2) is 5.19. The number of hydrogen-bond donors (Lipinski definition) is 1. The Morgan fingerprint density at radius 2 is 2.12 bits per heavy atom. The van der Waals surface area contributed by atoms with Gasteiger partial charge in [0.15, 0.2) is 0 Å². The van der Waals surface area contributed by atoms with E-state index in [9.17, 15) is 9.90 Å². The highest BCUT2D eigenvalue weighted by Crippen LogP contribution is 2.27. The van der Waals surface area contributed by atoms with Gasteiger partial charge in [-0.05, 0) is 12.5 Å². The zero-order valence-corrected chi connectivity index (χ0v) is 9.87. The van der Waals surface area contributed by atoms with Crippen LogP contribution in [0.3, 0.4) is 0 Å². The van der Waals surface area contributed by atoms with E-state index in [1.165, 1.54) is 0 Å². The third-order valence-electron chi connectivity index (χ3n) is 3.04. The maximum atomic E-state index is 11.6. The Morgan fingerprint density at radius 1 is 1.41 bits per heavy atom. The molecule has 1 aromatic rings. The molecule has 0 bridgehead atoms. The SMILES string of the molecule is CCOC(=O)N1CC(O)C(c2ccccc2)C1. The summed E-state index contributed by atoms with van der Waals surface area (Å²) in [5.74, 6) is -0.0133. The third-order valence-corrected chi connectivity index (χ3v) is 3.04. The van der Waals surface area contributed by atoms with Crippen LogP contribution in [0.25, 0.3) is 0 Å². The number of nitrogens with zero attached hydrogens (tertiary/aromatic N) is 1. The topological polar surface area (TPSA) is 49.8 Å². The number of likely N-dealkylation sites (tertiary alicyclic amines) is 1. The van der Waals surface area contributed by atoms with Crippen molar-refractivity contribution in [2.45, 2.75) is 18.9 Å². The van der Waals surface area contributed by atoms with Crippen LogP contribution in [0.15, 0.2) is 30.3 Å². The van der Waals surface area contributed by atoms with Gasteiger partial charge >= 0.3 is 6.09 Å². The lowest BCUT2D eigenvalue weighted by Gasteiger charge is -2.15. The van der Waals surface area contributed by atoms with Crippen LogP contribution in [-0.2, 0) is 4.74 Å². The fraction of sp³-hybridized carbons (Fsp3) is 0.462. The summed E-state index contributed by atoms with van der Waals surface area (Å²) >= 11 is 0. The summed E-state index contributed by atoms with van der Waals surface area (Å²) in [5.41, 5.74) is 1.06. The van der Waals surface area contributed by atoms with Crippen molar-refractivity contribution in [2.24, 2.45) is 0 Å². The van der Waals surface area contributed by atoms with Crippen LogP contribution in [0, 0.1) is 0 Å². The minimum atomic E-state index is -0.512. The molecule has 2 rings (SSSR count). The van der Waals surface area contributed by atoms with Gasteiger partial charge in [-0.25, -0.2) is 4.79 Å². The van der Waals surface area contributed by atoms with E-state index in [1.807, 2.05) is 30.3 Å². The summed E-state index contributed by atoms with van der Waals surface area (Å²) in [6, 6.07) is 9.77. The molecule has 2 atom stereocenters. The summed E-state index contributed by atoms with van der Waals surface area (Å²) < 4.78 is 4.93. The highest BCUT2D eigenvalue weighted by atomic mass is 16.6. The van der Waals surface area contributed by atoms with Gasteiger partial charge < -0.3 is 14.7 Å². The third kappa shape index (κ3) is 2.58. The molecule has 92 valence electrons. The van der Waals surface area contributed by atoms with Crippen LogP contribution in [0.2, 0.25) is 0 Å². The van der Waals surface area contributed by atoms with E-state index in [0.29, 0.717) is 19.7 Å². The molecule has 1 aliphatic rings. The highest BCUT2D eigenvalue weighted by molar-refractivity contribution is 5.68. The molecule has 1 amide bonds. The van der Waals surface area contributed by atoms with E-state index in [4.69, 9.17) is 4.74 Å². The normalized spacial score (nSPS) is 23.8. The first-order valence-corrected chi connectivity index (χ1v) is 5.87. The van der Waals surface area contributed by atoms with Crippen LogP contribution in [0.4, 0.5) is 4.79 Å². The van der Waals surface area contributed by atoms with E-state index >= 15 is 0 Å². The van der Waals surface area contributed by atoms with Crippen LogP contribution >= 0.6 is 0 Å². The minimum Gasteiger partial charge on any atom is -0.450 e. The molecule has 4 nitrogen and oxygen atoms in total. The van der Waals surface area contributed by atoms with Gasteiger partial charge in [-0.3, -0.25) is 0 Å². The molecule has 1 aliphatic heterocycles. The molecule has 0 spiro atoms. The average molecular weight is 235 g/mol. The Kier molecular flexibility index (Phi) is 3.64. The summed E-state index contributed by atoms with van der Waals surface area (Å²) in [5, 5.41) is 9.98. The number of rotatable bonds is 2. The number of amides is 1. The summed E-state index contributed by atoms with van der Waals surface area (Å²) in [4.78, 5) is 13.1. The van der Waals surface area contributed by atoms with E-state index < -0.39 is 6.10 Å². The number of benzene rings is 1. The van der Waals surface area contributed by atoms with Crippen molar-refractivity contribution in [2.75, 3.05) is 19.7 Å². The Hall–Kier alpha value is -1.55. The molecule has 17 heavy (non-hydrogen) atoms. The van der Waals surface area contributed by atoms with Gasteiger partial charge in [-0.1, -0.05) is 30.3 Å². The van der Waals surface area contributed by atoms with Crippen LogP contribution in [0.1, 0.15) is 18.4 Å². The largest absolute Gasteiger partial charge is 0.450 e. The summed E-state index contributed by atoms with van der Waals surface area (Å²) in [6.07, 6.45) is -0.855. The molecule has 0 radical (unpaired) electrons. The van der Waals surface area contributed by atoms with Crippen molar-refractivity contribution in [3.8, 4) is 0 Å². The number of ether oxygens (including phenoxy) is 1. The van der Waals surface area contributed by atoms with Crippen molar-refractivity contribution < 1.29 is 14.6 Å². The van der Waals surface area contributed by atoms with Gasteiger partial charge in [0, 0.05) is 12.5 Å². The second-order valence-corrected chi connectivity index (χ2v) is 4.19. The monoisotopic (exact) mass is 235 g/mol. The van der Waals surface area contributed by atoms with Crippen molar-refractivity contribution in [3.05, 3.63) is 35.9 Å². The van der Waals surface area contributed by atoms with Gasteiger partial charge in [-0.15, -0.1) is 0 Å². The van der Waals surface area contributed by atoms with Crippen LogP contribution in [0.5, 0.6) is 0 Å². The van der Waals surface area contributed by atoms with Crippen molar-refractivity contribution in [3.63, 3.8) is 0 Å². The molecule has 0 saturated carbocycles. The number of β-amino-alcohol motifs (C(OH)–C–C–N with tert-alkyl or cyclic N) is 1. The smallest absolute Gasteiger partial charge is 0.409 e. The number of carbonyl (C=O) groups is 1. The standard InChI is InChI=1S/C13H17NO3/c1-2-17-13(16)14-8-11(12(15)9-14)10-6-4-3-5-7-10/h3-7,11-12,15H,2,8-9H2,1H3. The number of aliphatic hydroxyl groups excluding tert-OH is 1. The first-order chi connectivity index (χ1) is 8.22. The molecule has 1 aromatic carbocycles. The fourth-order valence-electron chi connectivity index (χ4n) is 2.18. The van der Waals surface area contributed by atoms with Gasteiger partial charge in [0.25, 0.3) is 0 Å². The molecule has 1 saturated heterocycles. The number of carbonyl (C=O) groups excluding carboxylic acids is 1. The lowest BCUT2D eigenvalue weighted by molar-refractivity contribution is 0.107. The number of hydrogen-bond acceptors (Lipinski definition) is 3. The highest BCUT2D eigenvalue weighted by Gasteiger charge is 2.35. The Labute approximate surface area is 101 Å². The van der Waals surface area contributed by atoms with Crippen LogP contribution in [-0.4, -0.2) is 41.9 Å². The predicted octanol–water partition coefficient (Wildman–Crippen LogP) is 1.60. The fourth-order valence-corrected chi connectivity index (χ4v) is 2.18. The first kappa shape index (κ1) is 11.9. The van der Waals surface area contributed by atoms with Crippen molar-refractivity contribution in [1.82, 2.24) is 4.90 Å². The van der Waals surface area contributed by atoms with Crippen molar-refractivity contribution >= 4 is 6.09 Å². The van der Waals surface area contributed by atoms with Gasteiger partial charge in [0.05, 0.1) is 19.3 Å². The van der Waals surface area contributed by atoms with Crippen molar-refractivity contribution in [1.29, 1.82) is 0 Å². The molecule has 1 heterocycles. The zero-order chi connectivity index (χ0) is 12.3. The first-order valence-electron chi connectivity index (χ1n) is 5.87. The van der Waals surface area contributed by atoms with Gasteiger partial charge in [-0.2, -0.15) is 0 Å². The van der Waals surface area contributed by atoms with Gasteiger partial charge in [0.2, 0.25) is 0 Å². The molecule has 1 fully saturated rings. The molecule has 0 aliphatic carbocycles. The molecular weight excluding hydrogens is 218 g/mol. The predicted molar refractivity (Wildman–Crippen MR) is 63.8 cm³/mol. The molecule has 0 aromatic heterocycles. The van der Waals surface area contributed by atoms with Gasteiger partial charge in [0.1, 0.15) is 0 Å². The van der Waals surface area contributed by atoms with E-state index in [-0.39, 0.29) is 12.0 Å². The Morgan fingerprint density at radius 3 is 2.76 bits per heavy atom. The van der Waals surface area contributed by atoms with E-state index in [0.717, 1.165) is 5.56 Å². The lowest BCUT2D eigenvalue weighted by Crippen LogP contribution is -2.30. The quantitative estimate of drug-likeness (QED) is 0.847. The van der Waals surface area contributed by atoms with E-state index in [1.54, 1.807) is 11.8 Å². The molecule has 2 unspecified atom stereocenters. The zero-order valence-electron chi connectivity index (χ0n) is 9.87. The second-order valence-electron chi connectivity index (χ2n) is 4.19. The molecule has 4 heteroatoms. The van der Waals surface area contributed by atoms with Crippen LogP contribution < -0.4 is 0 Å². The minimum absolute atomic E-state index is 0.0133. The molecular formula is C13H17NO3.